The minimum absolute atomic E-state index is 0.0450. The van der Waals surface area contributed by atoms with Crippen LogP contribution >= 0.6 is 0 Å². The van der Waals surface area contributed by atoms with E-state index in [4.69, 9.17) is 4.74 Å². The number of rotatable bonds is 12. The molecule has 0 fully saturated rings. The molecule has 0 aromatic heterocycles. The fourth-order valence-corrected chi connectivity index (χ4v) is 4.49. The summed E-state index contributed by atoms with van der Waals surface area (Å²) in [7, 11) is -2.00. The number of methoxy groups -OCH3 is 1. The minimum Gasteiger partial charge on any atom is -0.497 e. The van der Waals surface area contributed by atoms with Crippen molar-refractivity contribution >= 4 is 27.5 Å². The summed E-state index contributed by atoms with van der Waals surface area (Å²) in [5.41, 5.74) is 1.41. The highest BCUT2D eigenvalue weighted by Gasteiger charge is 2.27. The zero-order chi connectivity index (χ0) is 25.3. The summed E-state index contributed by atoms with van der Waals surface area (Å²) in [6.07, 6.45) is 1.55. The number of ether oxygens (including phenoxy) is 1. The Morgan fingerprint density at radius 3 is 2.15 bits per heavy atom. The van der Waals surface area contributed by atoms with Gasteiger partial charge >= 0.3 is 0 Å². The zero-order valence-corrected chi connectivity index (χ0v) is 21.3. The van der Waals surface area contributed by atoms with E-state index in [1.807, 2.05) is 44.2 Å². The maximum atomic E-state index is 13.2. The molecule has 2 aromatic rings. The van der Waals surface area contributed by atoms with Gasteiger partial charge in [0.15, 0.2) is 0 Å². The van der Waals surface area contributed by atoms with Crippen LogP contribution in [0.1, 0.15) is 39.2 Å². The van der Waals surface area contributed by atoms with E-state index in [2.05, 4.69) is 5.32 Å². The molecular formula is C25H35N3O5S. The molecule has 0 bridgehead atoms. The lowest BCUT2D eigenvalue weighted by Gasteiger charge is -2.30. The fraction of sp³-hybridized carbons (Fsp3) is 0.440. The van der Waals surface area contributed by atoms with Gasteiger partial charge in [-0.15, -0.1) is 0 Å². The van der Waals surface area contributed by atoms with E-state index in [0.29, 0.717) is 24.4 Å². The lowest BCUT2D eigenvalue weighted by atomic mass is 10.1. The molecule has 0 radical (unpaired) electrons. The van der Waals surface area contributed by atoms with Gasteiger partial charge in [0.2, 0.25) is 21.8 Å². The molecule has 186 valence electrons. The average molecular weight is 490 g/mol. The van der Waals surface area contributed by atoms with Crippen LogP contribution in [-0.4, -0.2) is 57.1 Å². The van der Waals surface area contributed by atoms with Crippen LogP contribution in [0.2, 0.25) is 0 Å². The Kier molecular flexibility index (Phi) is 9.92. The van der Waals surface area contributed by atoms with Crippen molar-refractivity contribution < 1.29 is 22.7 Å². The highest BCUT2D eigenvalue weighted by molar-refractivity contribution is 7.92. The molecule has 0 spiro atoms. The monoisotopic (exact) mass is 489 g/mol. The average Bonchev–Trinajstić information content (AvgIpc) is 2.79. The van der Waals surface area contributed by atoms with Crippen LogP contribution in [0.15, 0.2) is 54.6 Å². The highest BCUT2D eigenvalue weighted by Crippen LogP contribution is 2.22. The Morgan fingerprint density at radius 1 is 1.00 bits per heavy atom. The largest absolute Gasteiger partial charge is 0.497 e. The summed E-state index contributed by atoms with van der Waals surface area (Å²) < 4.78 is 31.2. The van der Waals surface area contributed by atoms with Gasteiger partial charge in [-0.25, -0.2) is 8.42 Å². The van der Waals surface area contributed by atoms with Crippen molar-refractivity contribution in [2.45, 2.75) is 52.2 Å². The quantitative estimate of drug-likeness (QED) is 0.494. The molecule has 0 aliphatic rings. The Balaban J connectivity index is 2.13. The van der Waals surface area contributed by atoms with Gasteiger partial charge in [-0.05, 0) is 57.0 Å². The van der Waals surface area contributed by atoms with Crippen molar-refractivity contribution in [1.82, 2.24) is 10.2 Å². The summed E-state index contributed by atoms with van der Waals surface area (Å²) in [6, 6.07) is 15.5. The maximum Gasteiger partial charge on any atom is 0.242 e. The summed E-state index contributed by atoms with van der Waals surface area (Å²) in [5.74, 6) is 0.186. The van der Waals surface area contributed by atoms with Gasteiger partial charge < -0.3 is 15.0 Å². The first-order valence-electron chi connectivity index (χ1n) is 11.3. The topological polar surface area (TPSA) is 96.0 Å². The summed E-state index contributed by atoms with van der Waals surface area (Å²) >= 11 is 0. The number of carbonyl (C=O) groups excluding carboxylic acids is 2. The van der Waals surface area contributed by atoms with Crippen molar-refractivity contribution in [3.05, 3.63) is 60.2 Å². The molecule has 0 aliphatic heterocycles. The Morgan fingerprint density at radius 2 is 1.62 bits per heavy atom. The van der Waals surface area contributed by atoms with E-state index in [1.54, 1.807) is 43.2 Å². The highest BCUT2D eigenvalue weighted by atomic mass is 32.2. The molecule has 2 rings (SSSR count). The third-order valence-corrected chi connectivity index (χ3v) is 6.50. The van der Waals surface area contributed by atoms with Crippen LogP contribution in [0.4, 0.5) is 5.69 Å². The number of hydrogen-bond donors (Lipinski definition) is 1. The van der Waals surface area contributed by atoms with Crippen molar-refractivity contribution in [3.8, 4) is 5.75 Å². The molecule has 1 atom stereocenters. The van der Waals surface area contributed by atoms with Gasteiger partial charge in [-0.1, -0.05) is 30.3 Å². The summed E-state index contributed by atoms with van der Waals surface area (Å²) in [4.78, 5) is 27.4. The molecule has 0 saturated heterocycles. The second-order valence-corrected chi connectivity index (χ2v) is 10.4. The van der Waals surface area contributed by atoms with Crippen LogP contribution in [0, 0.1) is 0 Å². The predicted molar refractivity (Wildman–Crippen MR) is 134 cm³/mol. The Labute approximate surface area is 202 Å². The number of anilines is 1. The van der Waals surface area contributed by atoms with Crippen molar-refractivity contribution in [1.29, 1.82) is 0 Å². The number of nitrogens with one attached hydrogen (secondary N) is 1. The second-order valence-electron chi connectivity index (χ2n) is 8.48. The maximum absolute atomic E-state index is 13.2. The van der Waals surface area contributed by atoms with E-state index in [9.17, 15) is 18.0 Å². The van der Waals surface area contributed by atoms with Crippen LogP contribution in [0.3, 0.4) is 0 Å². The van der Waals surface area contributed by atoms with E-state index in [1.165, 1.54) is 4.31 Å². The Hall–Kier alpha value is -3.07. The molecule has 1 N–H and O–H groups in total. The minimum atomic E-state index is -3.54. The molecule has 2 amide bonds. The van der Waals surface area contributed by atoms with Gasteiger partial charge in [0.05, 0.1) is 19.1 Å². The number of hydrogen-bond acceptors (Lipinski definition) is 5. The van der Waals surface area contributed by atoms with Crippen molar-refractivity contribution in [3.63, 3.8) is 0 Å². The first-order chi connectivity index (χ1) is 16.0. The number of carbonyl (C=O) groups is 2. The summed E-state index contributed by atoms with van der Waals surface area (Å²) in [5, 5.41) is 2.86. The van der Waals surface area contributed by atoms with Crippen LogP contribution in [0.5, 0.6) is 5.75 Å². The van der Waals surface area contributed by atoms with Crippen LogP contribution in [0.25, 0.3) is 0 Å². The molecule has 2 aromatic carbocycles. The lowest BCUT2D eigenvalue weighted by molar-refractivity contribution is -0.140. The van der Waals surface area contributed by atoms with E-state index < -0.39 is 16.1 Å². The van der Waals surface area contributed by atoms with Gasteiger partial charge in [0.25, 0.3) is 0 Å². The third kappa shape index (κ3) is 8.06. The number of amides is 2. The normalized spacial score (nSPS) is 12.2. The molecule has 0 heterocycles. The number of sulfonamides is 1. The van der Waals surface area contributed by atoms with Gasteiger partial charge in [-0.3, -0.25) is 13.9 Å². The molecular weight excluding hydrogens is 454 g/mol. The first kappa shape index (κ1) is 27.2. The van der Waals surface area contributed by atoms with Crippen molar-refractivity contribution in [2.75, 3.05) is 24.2 Å². The van der Waals surface area contributed by atoms with Crippen LogP contribution < -0.4 is 14.4 Å². The van der Waals surface area contributed by atoms with Gasteiger partial charge in [0, 0.05) is 25.6 Å². The van der Waals surface area contributed by atoms with Crippen molar-refractivity contribution in [2.24, 2.45) is 0 Å². The molecule has 8 nitrogen and oxygen atoms in total. The predicted octanol–water partition coefficient (Wildman–Crippen LogP) is 3.18. The van der Waals surface area contributed by atoms with Gasteiger partial charge in [0.1, 0.15) is 11.8 Å². The standard InChI is InChI=1S/C25H35N3O5S/c1-19(2)26-25(30)20(3)27(18-21-10-7-6-8-11-21)24(29)12-9-17-28(34(5,31)32)22-13-15-23(33-4)16-14-22/h6-8,10-11,13-16,19-20H,9,12,17-18H2,1-5H3,(H,26,30)/t20-/m1/s1. The molecule has 9 heteroatoms. The van der Waals surface area contributed by atoms with E-state index in [-0.39, 0.29) is 30.8 Å². The second kappa shape index (κ2) is 12.4. The number of nitrogens with zero attached hydrogens (tertiary/aromatic N) is 2. The fourth-order valence-electron chi connectivity index (χ4n) is 3.52. The number of benzene rings is 2. The smallest absolute Gasteiger partial charge is 0.242 e. The van der Waals surface area contributed by atoms with E-state index >= 15 is 0 Å². The molecule has 34 heavy (non-hydrogen) atoms. The first-order valence-corrected chi connectivity index (χ1v) is 13.1. The molecule has 0 saturated carbocycles. The van der Waals surface area contributed by atoms with Gasteiger partial charge in [-0.2, -0.15) is 0 Å². The zero-order valence-electron chi connectivity index (χ0n) is 20.5. The summed E-state index contributed by atoms with van der Waals surface area (Å²) in [6.45, 7) is 5.88. The lowest BCUT2D eigenvalue weighted by Crippen LogP contribution is -2.49. The SMILES string of the molecule is COc1ccc(N(CCCC(=O)N(Cc2ccccc2)[C@H](C)C(=O)NC(C)C)S(C)(=O)=O)cc1. The van der Waals surface area contributed by atoms with E-state index in [0.717, 1.165) is 11.8 Å². The third-order valence-electron chi connectivity index (χ3n) is 5.31. The Bertz CT molecular complexity index is 1040. The molecule has 0 unspecified atom stereocenters. The van der Waals surface area contributed by atoms with Crippen LogP contribution in [-0.2, 0) is 26.2 Å². The molecule has 0 aliphatic carbocycles.